The van der Waals surface area contributed by atoms with Crippen LogP contribution in [0.25, 0.3) is 0 Å². The fourth-order valence-corrected chi connectivity index (χ4v) is 5.37. The van der Waals surface area contributed by atoms with Crippen LogP contribution in [0.3, 0.4) is 0 Å². The van der Waals surface area contributed by atoms with E-state index in [1.54, 1.807) is 23.2 Å². The monoisotopic (exact) mass is 419 g/mol. The van der Waals surface area contributed by atoms with Crippen LogP contribution in [0.1, 0.15) is 16.8 Å². The molecule has 2 aromatic rings. The molecule has 3 rings (SSSR count). The summed E-state index contributed by atoms with van der Waals surface area (Å²) in [6.07, 6.45) is 1.74. The smallest absolute Gasteiger partial charge is 0.243 e. The van der Waals surface area contributed by atoms with Crippen molar-refractivity contribution in [3.05, 3.63) is 59.4 Å². The molecule has 0 aliphatic carbocycles. The van der Waals surface area contributed by atoms with E-state index in [9.17, 15) is 13.2 Å². The number of aryl methyl sites for hydroxylation is 2. The molecule has 28 heavy (non-hydrogen) atoms. The summed E-state index contributed by atoms with van der Waals surface area (Å²) in [5, 5.41) is 0. The summed E-state index contributed by atoms with van der Waals surface area (Å²) in [7, 11) is -3.52. The Labute approximate surface area is 171 Å². The molecular formula is C20H25N3O3S2. The number of rotatable bonds is 6. The zero-order valence-electron chi connectivity index (χ0n) is 16.2. The van der Waals surface area contributed by atoms with Crippen molar-refractivity contribution in [2.75, 3.05) is 31.9 Å². The Morgan fingerprint density at radius 3 is 2.46 bits per heavy atom. The van der Waals surface area contributed by atoms with E-state index in [-0.39, 0.29) is 5.91 Å². The number of nitrogens with zero attached hydrogens (tertiary/aromatic N) is 3. The highest BCUT2D eigenvalue weighted by molar-refractivity contribution is 7.99. The zero-order valence-corrected chi connectivity index (χ0v) is 17.8. The molecule has 2 heterocycles. The quantitative estimate of drug-likeness (QED) is 0.719. The van der Waals surface area contributed by atoms with Gasteiger partial charge >= 0.3 is 0 Å². The number of hydrogen-bond donors (Lipinski definition) is 0. The molecule has 0 unspecified atom stereocenters. The minimum Gasteiger partial charge on any atom is -0.339 e. The maximum absolute atomic E-state index is 12.9. The number of carbonyl (C=O) groups excluding carboxylic acids is 1. The Morgan fingerprint density at radius 2 is 1.82 bits per heavy atom. The number of pyridine rings is 1. The summed E-state index contributed by atoms with van der Waals surface area (Å²) in [5.41, 5.74) is 2.97. The second kappa shape index (κ2) is 9.07. The van der Waals surface area contributed by atoms with Crippen molar-refractivity contribution in [3.8, 4) is 0 Å². The maximum atomic E-state index is 12.9. The number of sulfonamides is 1. The third-order valence-corrected chi connectivity index (χ3v) is 7.75. The van der Waals surface area contributed by atoms with Gasteiger partial charge in [0.1, 0.15) is 0 Å². The topological polar surface area (TPSA) is 70.6 Å². The number of benzene rings is 1. The van der Waals surface area contributed by atoms with Gasteiger partial charge in [0, 0.05) is 38.1 Å². The van der Waals surface area contributed by atoms with E-state index < -0.39 is 10.0 Å². The molecule has 0 atom stereocenters. The molecule has 1 aromatic heterocycles. The molecule has 6 nitrogen and oxygen atoms in total. The van der Waals surface area contributed by atoms with Gasteiger partial charge in [-0.3, -0.25) is 9.78 Å². The predicted octanol–water partition coefficient (Wildman–Crippen LogP) is 2.46. The number of piperazine rings is 1. The van der Waals surface area contributed by atoms with Gasteiger partial charge in [0.25, 0.3) is 0 Å². The molecule has 0 spiro atoms. The molecular weight excluding hydrogens is 394 g/mol. The van der Waals surface area contributed by atoms with E-state index in [1.165, 1.54) is 16.1 Å². The highest BCUT2D eigenvalue weighted by atomic mass is 32.2. The van der Waals surface area contributed by atoms with Crippen LogP contribution >= 0.6 is 11.8 Å². The van der Waals surface area contributed by atoms with E-state index in [0.717, 1.165) is 16.8 Å². The second-order valence-electron chi connectivity index (χ2n) is 6.84. The molecule has 1 aliphatic heterocycles. The summed E-state index contributed by atoms with van der Waals surface area (Å²) in [5.74, 6) is 1.11. The normalized spacial score (nSPS) is 15.6. The van der Waals surface area contributed by atoms with Gasteiger partial charge in [0.2, 0.25) is 15.9 Å². The lowest BCUT2D eigenvalue weighted by Crippen LogP contribution is -2.51. The highest BCUT2D eigenvalue weighted by Gasteiger charge is 2.30. The van der Waals surface area contributed by atoms with E-state index >= 15 is 0 Å². The van der Waals surface area contributed by atoms with Crippen LogP contribution in [0.4, 0.5) is 0 Å². The molecule has 0 radical (unpaired) electrons. The minimum absolute atomic E-state index is 0.0455. The van der Waals surface area contributed by atoms with E-state index in [4.69, 9.17) is 0 Å². The minimum atomic E-state index is -3.52. The van der Waals surface area contributed by atoms with E-state index in [0.29, 0.717) is 42.6 Å². The Morgan fingerprint density at radius 1 is 1.07 bits per heavy atom. The van der Waals surface area contributed by atoms with Crippen LogP contribution in [-0.2, 0) is 20.6 Å². The molecule has 1 aliphatic rings. The SMILES string of the molecule is Cc1ccc(S(=O)(=O)N2CCN(C(=O)CSCc3ccccn3)CC2)cc1C. The van der Waals surface area contributed by atoms with Crippen molar-refractivity contribution in [2.45, 2.75) is 24.5 Å². The first-order valence-electron chi connectivity index (χ1n) is 9.21. The maximum Gasteiger partial charge on any atom is 0.243 e. The third-order valence-electron chi connectivity index (χ3n) is 4.91. The van der Waals surface area contributed by atoms with E-state index in [1.807, 2.05) is 38.1 Å². The lowest BCUT2D eigenvalue weighted by atomic mass is 10.1. The van der Waals surface area contributed by atoms with Crippen LogP contribution in [0, 0.1) is 13.8 Å². The van der Waals surface area contributed by atoms with E-state index in [2.05, 4.69) is 4.98 Å². The van der Waals surface area contributed by atoms with Gasteiger partial charge in [0.15, 0.2) is 0 Å². The fourth-order valence-electron chi connectivity index (χ4n) is 3.02. The number of thioether (sulfide) groups is 1. The molecule has 1 aromatic carbocycles. The van der Waals surface area contributed by atoms with Gasteiger partial charge in [0.05, 0.1) is 16.3 Å². The van der Waals surface area contributed by atoms with Crippen molar-refractivity contribution >= 4 is 27.7 Å². The number of amides is 1. The van der Waals surface area contributed by atoms with Crippen LogP contribution < -0.4 is 0 Å². The molecule has 1 amide bonds. The summed E-state index contributed by atoms with van der Waals surface area (Å²) >= 11 is 1.53. The van der Waals surface area contributed by atoms with Crippen molar-refractivity contribution in [3.63, 3.8) is 0 Å². The first-order valence-corrected chi connectivity index (χ1v) is 11.8. The lowest BCUT2D eigenvalue weighted by Gasteiger charge is -2.34. The fraction of sp³-hybridized carbons (Fsp3) is 0.400. The first kappa shape index (κ1) is 20.8. The summed E-state index contributed by atoms with van der Waals surface area (Å²) in [6, 6.07) is 10.9. The molecule has 1 saturated heterocycles. The predicted molar refractivity (Wildman–Crippen MR) is 112 cm³/mol. The van der Waals surface area contributed by atoms with Crippen molar-refractivity contribution in [1.82, 2.24) is 14.2 Å². The van der Waals surface area contributed by atoms with Crippen molar-refractivity contribution in [1.29, 1.82) is 0 Å². The number of aromatic nitrogens is 1. The molecule has 150 valence electrons. The molecule has 0 bridgehead atoms. The molecule has 8 heteroatoms. The van der Waals surface area contributed by atoms with Gasteiger partial charge in [-0.1, -0.05) is 12.1 Å². The third kappa shape index (κ3) is 4.92. The lowest BCUT2D eigenvalue weighted by molar-refractivity contribution is -0.129. The standard InChI is InChI=1S/C20H25N3O3S2/c1-16-6-7-19(13-17(16)2)28(25,26)23-11-9-22(10-12-23)20(24)15-27-14-18-5-3-4-8-21-18/h3-8,13H,9-12,14-15H2,1-2H3. The Balaban J connectivity index is 1.52. The van der Waals surface area contributed by atoms with Gasteiger partial charge in [-0.2, -0.15) is 4.31 Å². The summed E-state index contributed by atoms with van der Waals surface area (Å²) in [4.78, 5) is 18.7. The summed E-state index contributed by atoms with van der Waals surface area (Å²) < 4.78 is 27.2. The van der Waals surface area contributed by atoms with Crippen LogP contribution in [0.5, 0.6) is 0 Å². The molecule has 0 saturated carbocycles. The van der Waals surface area contributed by atoms with Gasteiger partial charge < -0.3 is 4.90 Å². The Bertz CT molecular complexity index is 925. The highest BCUT2D eigenvalue weighted by Crippen LogP contribution is 2.21. The van der Waals surface area contributed by atoms with Gasteiger partial charge in [-0.05, 0) is 49.2 Å². The van der Waals surface area contributed by atoms with Crippen LogP contribution in [0.2, 0.25) is 0 Å². The van der Waals surface area contributed by atoms with Crippen molar-refractivity contribution in [2.24, 2.45) is 0 Å². The van der Waals surface area contributed by atoms with Crippen molar-refractivity contribution < 1.29 is 13.2 Å². The zero-order chi connectivity index (χ0) is 20.1. The van der Waals surface area contributed by atoms with Gasteiger partial charge in [-0.25, -0.2) is 8.42 Å². The first-order chi connectivity index (χ1) is 13.4. The largest absolute Gasteiger partial charge is 0.339 e. The van der Waals surface area contributed by atoms with Gasteiger partial charge in [-0.15, -0.1) is 11.8 Å². The molecule has 0 N–H and O–H groups in total. The summed E-state index contributed by atoms with van der Waals surface area (Å²) in [6.45, 7) is 5.37. The van der Waals surface area contributed by atoms with Crippen LogP contribution in [-0.4, -0.2) is 60.4 Å². The number of hydrogen-bond acceptors (Lipinski definition) is 5. The Hall–Kier alpha value is -1.90. The number of carbonyl (C=O) groups is 1. The molecule has 1 fully saturated rings. The Kier molecular flexibility index (Phi) is 6.74. The second-order valence-corrected chi connectivity index (χ2v) is 9.77. The van der Waals surface area contributed by atoms with Crippen LogP contribution in [0.15, 0.2) is 47.5 Å². The average molecular weight is 420 g/mol. The average Bonchev–Trinajstić information content (AvgIpc) is 2.71.